The topological polar surface area (TPSA) is 46.6 Å². The molecule has 5 nitrogen and oxygen atoms in total. The molecule has 0 amide bonds. The molecule has 0 radical (unpaired) electrons. The molecule has 0 saturated carbocycles. The van der Waals surface area contributed by atoms with E-state index in [4.69, 9.17) is 9.47 Å². The van der Waals surface area contributed by atoms with Crippen LogP contribution in [0.3, 0.4) is 0 Å². The van der Waals surface area contributed by atoms with E-state index in [2.05, 4.69) is 15.4 Å². The van der Waals surface area contributed by atoms with Crippen LogP contribution in [0.2, 0.25) is 0 Å². The van der Waals surface area contributed by atoms with Gasteiger partial charge in [0.1, 0.15) is 0 Å². The second kappa shape index (κ2) is 6.08. The molecule has 1 fully saturated rings. The van der Waals surface area contributed by atoms with Crippen molar-refractivity contribution in [1.82, 2.24) is 15.4 Å². The summed E-state index contributed by atoms with van der Waals surface area (Å²) in [7, 11) is 1.45. The predicted octanol–water partition coefficient (Wildman–Crippen LogP) is 1.13. The van der Waals surface area contributed by atoms with E-state index in [0.29, 0.717) is 0 Å². The summed E-state index contributed by atoms with van der Waals surface area (Å²) in [5.74, 6) is -0.226. The first kappa shape index (κ1) is 13.2. The molecule has 0 aromatic carbocycles. The Morgan fingerprint density at radius 3 is 2.89 bits per heavy atom. The summed E-state index contributed by atoms with van der Waals surface area (Å²) in [4.78, 5) is 4.08. The maximum atomic E-state index is 13.3. The lowest BCUT2D eigenvalue weighted by atomic mass is 10.2. The molecule has 1 aromatic heterocycles. The van der Waals surface area contributed by atoms with E-state index < -0.39 is 5.82 Å². The lowest BCUT2D eigenvalue weighted by Gasteiger charge is -2.30. The quantitative estimate of drug-likeness (QED) is 0.874. The minimum Gasteiger partial charge on any atom is -0.494 e. The van der Waals surface area contributed by atoms with Crippen LogP contribution in [0.15, 0.2) is 12.3 Å². The van der Waals surface area contributed by atoms with Crippen molar-refractivity contribution in [3.8, 4) is 5.75 Å². The molecule has 1 aromatic rings. The Bertz CT molecular complexity index is 397. The maximum Gasteiger partial charge on any atom is 0.183 e. The van der Waals surface area contributed by atoms with Crippen molar-refractivity contribution in [2.45, 2.75) is 13.0 Å². The van der Waals surface area contributed by atoms with Crippen LogP contribution in [-0.2, 0) is 4.74 Å². The average Bonchev–Trinajstić information content (AvgIpc) is 2.40. The van der Waals surface area contributed by atoms with Crippen molar-refractivity contribution in [3.05, 3.63) is 23.8 Å². The van der Waals surface area contributed by atoms with E-state index in [-0.39, 0.29) is 11.8 Å². The van der Waals surface area contributed by atoms with Gasteiger partial charge in [-0.3, -0.25) is 4.98 Å². The van der Waals surface area contributed by atoms with Crippen molar-refractivity contribution in [2.24, 2.45) is 0 Å². The van der Waals surface area contributed by atoms with Crippen molar-refractivity contribution in [2.75, 3.05) is 33.4 Å². The monoisotopic (exact) mass is 255 g/mol. The molecule has 1 saturated heterocycles. The van der Waals surface area contributed by atoms with E-state index in [1.165, 1.54) is 13.3 Å². The van der Waals surface area contributed by atoms with Crippen molar-refractivity contribution in [1.29, 1.82) is 0 Å². The van der Waals surface area contributed by atoms with Crippen LogP contribution in [0.25, 0.3) is 0 Å². The number of pyridine rings is 1. The van der Waals surface area contributed by atoms with Gasteiger partial charge in [-0.2, -0.15) is 0 Å². The highest BCUT2D eigenvalue weighted by molar-refractivity contribution is 5.25. The molecule has 6 heteroatoms. The molecular weight excluding hydrogens is 237 g/mol. The van der Waals surface area contributed by atoms with Crippen molar-refractivity contribution >= 4 is 0 Å². The van der Waals surface area contributed by atoms with E-state index in [0.717, 1.165) is 32.0 Å². The number of hydrogen-bond acceptors (Lipinski definition) is 5. The molecule has 1 aliphatic heterocycles. The molecule has 100 valence electrons. The lowest BCUT2D eigenvalue weighted by molar-refractivity contribution is 0.00450. The van der Waals surface area contributed by atoms with Gasteiger partial charge >= 0.3 is 0 Å². The SMILES string of the molecule is COc1cc([C@H](C)NN2CCOCC2)ncc1F. The molecule has 0 bridgehead atoms. The van der Waals surface area contributed by atoms with Gasteiger partial charge in [0.2, 0.25) is 0 Å². The summed E-state index contributed by atoms with van der Waals surface area (Å²) in [5, 5.41) is 2.09. The Balaban J connectivity index is 2.01. The zero-order valence-corrected chi connectivity index (χ0v) is 10.6. The smallest absolute Gasteiger partial charge is 0.183 e. The second-order valence-electron chi connectivity index (χ2n) is 4.19. The first-order chi connectivity index (χ1) is 8.70. The molecule has 2 heterocycles. The molecule has 1 aliphatic rings. The van der Waals surface area contributed by atoms with Gasteiger partial charge in [0.25, 0.3) is 0 Å². The molecule has 18 heavy (non-hydrogen) atoms. The average molecular weight is 255 g/mol. The minimum absolute atomic E-state index is 0.00222. The lowest BCUT2D eigenvalue weighted by Crippen LogP contribution is -2.46. The van der Waals surface area contributed by atoms with Gasteiger partial charge < -0.3 is 9.47 Å². The molecule has 0 aliphatic carbocycles. The maximum absolute atomic E-state index is 13.3. The van der Waals surface area contributed by atoms with Crippen LogP contribution < -0.4 is 10.2 Å². The third-order valence-corrected chi connectivity index (χ3v) is 2.89. The zero-order valence-electron chi connectivity index (χ0n) is 10.6. The van der Waals surface area contributed by atoms with Gasteiger partial charge in [0.05, 0.1) is 38.3 Å². The van der Waals surface area contributed by atoms with Crippen LogP contribution >= 0.6 is 0 Å². The third kappa shape index (κ3) is 3.16. The van der Waals surface area contributed by atoms with Crippen LogP contribution in [0.5, 0.6) is 5.75 Å². The number of hydrazine groups is 1. The summed E-state index contributed by atoms with van der Waals surface area (Å²) in [6, 6.07) is 1.62. The van der Waals surface area contributed by atoms with E-state index in [9.17, 15) is 4.39 Å². The molecule has 1 atom stereocenters. The number of morpholine rings is 1. The summed E-state index contributed by atoms with van der Waals surface area (Å²) < 4.78 is 23.5. The zero-order chi connectivity index (χ0) is 13.0. The summed E-state index contributed by atoms with van der Waals surface area (Å²) >= 11 is 0. The number of aromatic nitrogens is 1. The largest absolute Gasteiger partial charge is 0.494 e. The molecule has 2 rings (SSSR count). The highest BCUT2D eigenvalue weighted by atomic mass is 19.1. The Kier molecular flexibility index (Phi) is 4.46. The predicted molar refractivity (Wildman–Crippen MR) is 64.7 cm³/mol. The molecule has 0 spiro atoms. The summed E-state index contributed by atoms with van der Waals surface area (Å²) in [6.07, 6.45) is 1.19. The van der Waals surface area contributed by atoms with Crippen LogP contribution in [0.4, 0.5) is 4.39 Å². The van der Waals surface area contributed by atoms with E-state index in [1.54, 1.807) is 6.07 Å². The van der Waals surface area contributed by atoms with Crippen LogP contribution in [0.1, 0.15) is 18.7 Å². The van der Waals surface area contributed by atoms with Crippen molar-refractivity contribution < 1.29 is 13.9 Å². The molecule has 1 N–H and O–H groups in total. The number of nitrogens with one attached hydrogen (secondary N) is 1. The van der Waals surface area contributed by atoms with E-state index >= 15 is 0 Å². The minimum atomic E-state index is -0.445. The number of hydrogen-bond donors (Lipinski definition) is 1. The number of rotatable bonds is 4. The molecule has 0 unspecified atom stereocenters. The first-order valence-corrected chi connectivity index (χ1v) is 5.99. The Hall–Kier alpha value is -1.24. The van der Waals surface area contributed by atoms with Crippen LogP contribution in [0, 0.1) is 5.82 Å². The standard InChI is InChI=1S/C12H18FN3O2/c1-9(15-16-3-5-18-6-4-16)11-7-12(17-2)10(13)8-14-11/h7-9,15H,3-6H2,1-2H3/t9-/m0/s1. The van der Waals surface area contributed by atoms with Gasteiger partial charge in [-0.25, -0.2) is 14.8 Å². The fourth-order valence-electron chi connectivity index (χ4n) is 1.86. The van der Waals surface area contributed by atoms with Gasteiger partial charge in [-0.15, -0.1) is 0 Å². The fourth-order valence-corrected chi connectivity index (χ4v) is 1.86. The Morgan fingerprint density at radius 1 is 1.50 bits per heavy atom. The van der Waals surface area contributed by atoms with Crippen molar-refractivity contribution in [3.63, 3.8) is 0 Å². The number of nitrogens with zero attached hydrogens (tertiary/aromatic N) is 2. The summed E-state index contributed by atoms with van der Waals surface area (Å²) in [5.41, 5.74) is 4.07. The molecular formula is C12H18FN3O2. The van der Waals surface area contributed by atoms with Gasteiger partial charge in [-0.05, 0) is 6.92 Å². The van der Waals surface area contributed by atoms with Gasteiger partial charge in [0, 0.05) is 19.2 Å². The fraction of sp³-hybridized carbons (Fsp3) is 0.583. The summed E-state index contributed by atoms with van der Waals surface area (Å²) in [6.45, 7) is 5.10. The second-order valence-corrected chi connectivity index (χ2v) is 4.19. The van der Waals surface area contributed by atoms with E-state index in [1.807, 2.05) is 6.92 Å². The number of halogens is 1. The highest BCUT2D eigenvalue weighted by Gasteiger charge is 2.16. The van der Waals surface area contributed by atoms with Gasteiger partial charge in [0.15, 0.2) is 11.6 Å². The highest BCUT2D eigenvalue weighted by Crippen LogP contribution is 2.20. The normalized spacial score (nSPS) is 18.6. The Morgan fingerprint density at radius 2 is 2.22 bits per heavy atom. The first-order valence-electron chi connectivity index (χ1n) is 5.99. The number of ether oxygens (including phenoxy) is 2. The number of methoxy groups -OCH3 is 1. The van der Waals surface area contributed by atoms with Crippen LogP contribution in [-0.4, -0.2) is 43.4 Å². The third-order valence-electron chi connectivity index (χ3n) is 2.89. The van der Waals surface area contributed by atoms with Gasteiger partial charge in [-0.1, -0.05) is 0 Å². The Labute approximate surface area is 106 Å².